The Morgan fingerprint density at radius 1 is 0.698 bits per heavy atom. The lowest BCUT2D eigenvalue weighted by molar-refractivity contribution is -0.120. The smallest absolute Gasteiger partial charge is 0.233 e. The summed E-state index contributed by atoms with van der Waals surface area (Å²) in [4.78, 5) is 26.1. The number of ether oxygens (including phenoxy) is 2. The van der Waals surface area contributed by atoms with Gasteiger partial charge in [0.1, 0.15) is 0 Å². The Balaban J connectivity index is 1.32. The van der Waals surface area contributed by atoms with E-state index in [0.717, 1.165) is 22.4 Å². The molecule has 0 fully saturated rings. The highest BCUT2D eigenvalue weighted by atomic mass is 16.5. The standard InChI is InChI=1S/C32H40N8O3/c1-24-7-9-27(10-8-24)23-36-31-38-30(35-22-26-5-3-2-4-6-26)39-32(40-31)37-28-13-11-25(12-14-28)21-29(41)34-16-18-43-20-19-42-17-15-33/h2-14H,15-23,33H2,1H3,(H,34,41)(H3,35,36,37,38,39,40). The Morgan fingerprint density at radius 2 is 1.28 bits per heavy atom. The Labute approximate surface area is 252 Å². The minimum Gasteiger partial charge on any atom is -0.378 e. The number of benzene rings is 3. The van der Waals surface area contributed by atoms with Crippen molar-refractivity contribution < 1.29 is 14.3 Å². The van der Waals surface area contributed by atoms with Crippen LogP contribution in [0.3, 0.4) is 0 Å². The SMILES string of the molecule is Cc1ccc(CNc2nc(NCc3ccccc3)nc(Nc3ccc(CC(=O)NCCOCCOCCN)cc3)n2)cc1. The summed E-state index contributed by atoms with van der Waals surface area (Å²) in [6.07, 6.45) is 0.270. The number of amides is 1. The van der Waals surface area contributed by atoms with Crippen molar-refractivity contribution in [3.63, 3.8) is 0 Å². The van der Waals surface area contributed by atoms with Crippen LogP contribution in [0.5, 0.6) is 0 Å². The van der Waals surface area contributed by atoms with E-state index in [-0.39, 0.29) is 12.3 Å². The topological polar surface area (TPSA) is 148 Å². The molecule has 0 aliphatic carbocycles. The summed E-state index contributed by atoms with van der Waals surface area (Å²) in [5.74, 6) is 1.23. The zero-order valence-corrected chi connectivity index (χ0v) is 24.5. The molecule has 0 aliphatic rings. The molecule has 226 valence electrons. The highest BCUT2D eigenvalue weighted by Gasteiger charge is 2.09. The van der Waals surface area contributed by atoms with Crippen molar-refractivity contribution in [3.05, 3.63) is 101 Å². The zero-order chi connectivity index (χ0) is 30.1. The molecule has 0 unspecified atom stereocenters. The van der Waals surface area contributed by atoms with Gasteiger partial charge in [-0.1, -0.05) is 72.3 Å². The summed E-state index contributed by atoms with van der Waals surface area (Å²) in [7, 11) is 0. The number of hydrogen-bond donors (Lipinski definition) is 5. The maximum atomic E-state index is 12.3. The molecular weight excluding hydrogens is 544 g/mol. The Hall–Kier alpha value is -4.58. The van der Waals surface area contributed by atoms with Crippen molar-refractivity contribution in [2.24, 2.45) is 5.73 Å². The molecule has 4 rings (SSSR count). The molecule has 6 N–H and O–H groups in total. The van der Waals surface area contributed by atoms with Gasteiger partial charge in [0.15, 0.2) is 0 Å². The second kappa shape index (κ2) is 17.4. The first kappa shape index (κ1) is 31.4. The summed E-state index contributed by atoms with van der Waals surface area (Å²) in [5, 5.41) is 12.7. The van der Waals surface area contributed by atoms with Crippen LogP contribution in [0.15, 0.2) is 78.9 Å². The predicted molar refractivity (Wildman–Crippen MR) is 169 cm³/mol. The minimum atomic E-state index is -0.0698. The van der Waals surface area contributed by atoms with Crippen molar-refractivity contribution in [2.45, 2.75) is 26.4 Å². The van der Waals surface area contributed by atoms with E-state index in [1.807, 2.05) is 54.6 Å². The van der Waals surface area contributed by atoms with Crippen molar-refractivity contribution in [3.8, 4) is 0 Å². The molecule has 1 amide bonds. The van der Waals surface area contributed by atoms with E-state index in [1.54, 1.807) is 0 Å². The quantitative estimate of drug-likeness (QED) is 0.109. The third-order valence-corrected chi connectivity index (χ3v) is 6.28. The molecule has 0 saturated carbocycles. The second-order valence-electron chi connectivity index (χ2n) is 9.85. The number of carbonyl (C=O) groups excluding carboxylic acids is 1. The van der Waals surface area contributed by atoms with Gasteiger partial charge in [-0.2, -0.15) is 15.0 Å². The van der Waals surface area contributed by atoms with Gasteiger partial charge >= 0.3 is 0 Å². The molecule has 11 heteroatoms. The molecule has 0 atom stereocenters. The fraction of sp³-hybridized carbons (Fsp3) is 0.312. The lowest BCUT2D eigenvalue weighted by Gasteiger charge is -2.12. The number of nitrogens with two attached hydrogens (primary N) is 1. The molecule has 0 radical (unpaired) electrons. The highest BCUT2D eigenvalue weighted by Crippen LogP contribution is 2.18. The number of anilines is 4. The number of nitrogens with one attached hydrogen (secondary N) is 4. The lowest BCUT2D eigenvalue weighted by atomic mass is 10.1. The van der Waals surface area contributed by atoms with Gasteiger partial charge in [0.2, 0.25) is 23.8 Å². The van der Waals surface area contributed by atoms with Gasteiger partial charge in [-0.15, -0.1) is 0 Å². The van der Waals surface area contributed by atoms with Crippen LogP contribution in [-0.4, -0.2) is 60.4 Å². The van der Waals surface area contributed by atoms with Gasteiger partial charge in [-0.05, 0) is 35.7 Å². The van der Waals surface area contributed by atoms with E-state index in [1.165, 1.54) is 5.56 Å². The molecule has 3 aromatic carbocycles. The average molecular weight is 585 g/mol. The normalized spacial score (nSPS) is 10.7. The first-order valence-corrected chi connectivity index (χ1v) is 14.4. The largest absolute Gasteiger partial charge is 0.378 e. The number of aromatic nitrogens is 3. The number of rotatable bonds is 18. The van der Waals surface area contributed by atoms with Crippen LogP contribution >= 0.6 is 0 Å². The monoisotopic (exact) mass is 584 g/mol. The second-order valence-corrected chi connectivity index (χ2v) is 9.85. The van der Waals surface area contributed by atoms with Gasteiger partial charge in [0.05, 0.1) is 32.8 Å². The molecule has 0 spiro atoms. The third-order valence-electron chi connectivity index (χ3n) is 6.28. The van der Waals surface area contributed by atoms with Gasteiger partial charge < -0.3 is 36.5 Å². The predicted octanol–water partition coefficient (Wildman–Crippen LogP) is 3.80. The number of aryl methyl sites for hydroxylation is 1. The number of nitrogens with zero attached hydrogens (tertiary/aromatic N) is 3. The van der Waals surface area contributed by atoms with Crippen LogP contribution in [0.2, 0.25) is 0 Å². The molecule has 0 aliphatic heterocycles. The summed E-state index contributed by atoms with van der Waals surface area (Å²) in [6.45, 7) is 6.06. The van der Waals surface area contributed by atoms with Crippen LogP contribution in [0.4, 0.5) is 23.5 Å². The highest BCUT2D eigenvalue weighted by molar-refractivity contribution is 5.78. The van der Waals surface area contributed by atoms with E-state index >= 15 is 0 Å². The van der Waals surface area contributed by atoms with Crippen molar-refractivity contribution in [2.75, 3.05) is 55.5 Å². The summed E-state index contributed by atoms with van der Waals surface area (Å²) in [5.41, 5.74) is 10.5. The molecule has 11 nitrogen and oxygen atoms in total. The van der Waals surface area contributed by atoms with Gasteiger partial charge in [0.25, 0.3) is 0 Å². The average Bonchev–Trinajstić information content (AvgIpc) is 3.02. The Morgan fingerprint density at radius 3 is 1.93 bits per heavy atom. The third kappa shape index (κ3) is 11.7. The van der Waals surface area contributed by atoms with E-state index < -0.39 is 0 Å². The minimum absolute atomic E-state index is 0.0698. The molecule has 0 bridgehead atoms. The van der Waals surface area contributed by atoms with E-state index in [0.29, 0.717) is 70.5 Å². The lowest BCUT2D eigenvalue weighted by Crippen LogP contribution is -2.29. The summed E-state index contributed by atoms with van der Waals surface area (Å²) < 4.78 is 10.7. The van der Waals surface area contributed by atoms with Crippen LogP contribution < -0.4 is 27.0 Å². The van der Waals surface area contributed by atoms with Crippen LogP contribution in [0.25, 0.3) is 0 Å². The van der Waals surface area contributed by atoms with Crippen molar-refractivity contribution in [1.29, 1.82) is 0 Å². The Bertz CT molecular complexity index is 1390. The maximum absolute atomic E-state index is 12.3. The van der Waals surface area contributed by atoms with Crippen molar-refractivity contribution >= 4 is 29.4 Å². The van der Waals surface area contributed by atoms with Crippen molar-refractivity contribution in [1.82, 2.24) is 20.3 Å². The summed E-state index contributed by atoms with van der Waals surface area (Å²) >= 11 is 0. The summed E-state index contributed by atoms with van der Waals surface area (Å²) in [6, 6.07) is 26.0. The fourth-order valence-electron chi connectivity index (χ4n) is 4.00. The zero-order valence-electron chi connectivity index (χ0n) is 24.5. The van der Waals surface area contributed by atoms with Crippen LogP contribution in [0.1, 0.15) is 22.3 Å². The van der Waals surface area contributed by atoms with Gasteiger partial charge in [0, 0.05) is 31.9 Å². The van der Waals surface area contributed by atoms with Gasteiger partial charge in [-0.25, -0.2) is 0 Å². The molecule has 43 heavy (non-hydrogen) atoms. The number of carbonyl (C=O) groups is 1. The first-order valence-electron chi connectivity index (χ1n) is 14.4. The van der Waals surface area contributed by atoms with E-state index in [4.69, 9.17) is 15.2 Å². The van der Waals surface area contributed by atoms with Crippen LogP contribution in [-0.2, 0) is 33.8 Å². The molecular formula is C32H40N8O3. The molecule has 0 saturated heterocycles. The molecule has 1 aromatic heterocycles. The maximum Gasteiger partial charge on any atom is 0.233 e. The fourth-order valence-corrected chi connectivity index (χ4v) is 4.00. The van der Waals surface area contributed by atoms with E-state index in [9.17, 15) is 4.79 Å². The van der Waals surface area contributed by atoms with Gasteiger partial charge in [-0.3, -0.25) is 4.79 Å². The molecule has 4 aromatic rings. The first-order chi connectivity index (χ1) is 21.1. The number of hydrogen-bond acceptors (Lipinski definition) is 10. The molecule has 1 heterocycles. The van der Waals surface area contributed by atoms with Crippen LogP contribution in [0, 0.1) is 6.92 Å². The van der Waals surface area contributed by atoms with E-state index in [2.05, 4.69) is 67.4 Å². The Kier molecular flexibility index (Phi) is 12.7.